The van der Waals surface area contributed by atoms with Gasteiger partial charge in [0.2, 0.25) is 0 Å². The third-order valence-corrected chi connectivity index (χ3v) is 5.55. The Morgan fingerprint density at radius 2 is 2.11 bits per heavy atom. The monoisotopic (exact) mass is 375 g/mol. The molecule has 0 radical (unpaired) electrons. The van der Waals surface area contributed by atoms with Crippen LogP contribution in [0.15, 0.2) is 22.7 Å². The molecule has 1 aliphatic heterocycles. The maximum Gasteiger partial charge on any atom is 0.343 e. The average Bonchev–Trinajstić information content (AvgIpc) is 3.03. The molecule has 7 nitrogen and oxygen atoms in total. The van der Waals surface area contributed by atoms with Gasteiger partial charge in [-0.25, -0.2) is 9.18 Å². The summed E-state index contributed by atoms with van der Waals surface area (Å²) in [5, 5.41) is 13.8. The number of rotatable bonds is 6. The van der Waals surface area contributed by atoms with Crippen LogP contribution < -0.4 is 9.64 Å². The van der Waals surface area contributed by atoms with E-state index in [9.17, 15) is 14.3 Å². The third kappa shape index (κ3) is 3.03. The van der Waals surface area contributed by atoms with Crippen LogP contribution in [0.25, 0.3) is 11.3 Å². The summed E-state index contributed by atoms with van der Waals surface area (Å²) in [6.45, 7) is 2.61. The molecule has 4 rings (SSSR count). The van der Waals surface area contributed by atoms with Crippen molar-refractivity contribution >= 4 is 11.8 Å². The second kappa shape index (κ2) is 6.53. The zero-order valence-corrected chi connectivity index (χ0v) is 15.5. The first-order valence-corrected chi connectivity index (χ1v) is 8.87. The number of methoxy groups -OCH3 is 1. The standard InChI is InChI=1S/C19H22FN3O4/c1-22(2)7-11-12-8-23(9-13(11)12)18-16(19(24)25)17(27-21-18)10-4-5-14(20)15(6-10)26-3/h4-6,11-13H,7-9H2,1-3H3,(H,24,25)/t11?,12-,13+. The van der Waals surface area contributed by atoms with Gasteiger partial charge in [0.05, 0.1) is 7.11 Å². The summed E-state index contributed by atoms with van der Waals surface area (Å²) in [6, 6.07) is 4.10. The van der Waals surface area contributed by atoms with E-state index in [0.717, 1.165) is 19.6 Å². The highest BCUT2D eigenvalue weighted by atomic mass is 19.1. The maximum absolute atomic E-state index is 13.7. The van der Waals surface area contributed by atoms with Gasteiger partial charge < -0.3 is 24.2 Å². The number of hydrogen-bond acceptors (Lipinski definition) is 6. The zero-order valence-electron chi connectivity index (χ0n) is 15.5. The number of aromatic nitrogens is 1. The fraction of sp³-hybridized carbons (Fsp3) is 0.474. The Kier molecular flexibility index (Phi) is 4.30. The summed E-state index contributed by atoms with van der Waals surface area (Å²) in [7, 11) is 5.48. The molecule has 1 aliphatic carbocycles. The minimum Gasteiger partial charge on any atom is -0.494 e. The fourth-order valence-electron chi connectivity index (χ4n) is 4.20. The highest BCUT2D eigenvalue weighted by Gasteiger charge is 2.56. The first-order chi connectivity index (χ1) is 12.9. The van der Waals surface area contributed by atoms with E-state index in [1.54, 1.807) is 0 Å². The van der Waals surface area contributed by atoms with Crippen LogP contribution in [-0.4, -0.2) is 62.0 Å². The van der Waals surface area contributed by atoms with E-state index >= 15 is 0 Å². The number of benzene rings is 1. The minimum absolute atomic E-state index is 0.00845. The summed E-state index contributed by atoms with van der Waals surface area (Å²) in [5.41, 5.74) is 0.424. The van der Waals surface area contributed by atoms with Crippen LogP contribution in [0, 0.1) is 23.6 Å². The molecule has 27 heavy (non-hydrogen) atoms. The normalized spacial score (nSPS) is 23.6. The molecule has 0 spiro atoms. The smallest absolute Gasteiger partial charge is 0.343 e. The van der Waals surface area contributed by atoms with E-state index in [4.69, 9.17) is 9.26 Å². The molecule has 2 heterocycles. The van der Waals surface area contributed by atoms with Gasteiger partial charge in [-0.05, 0) is 50.0 Å². The van der Waals surface area contributed by atoms with Crippen molar-refractivity contribution < 1.29 is 23.6 Å². The van der Waals surface area contributed by atoms with E-state index in [1.165, 1.54) is 25.3 Å². The molecular formula is C19H22FN3O4. The molecule has 1 aromatic heterocycles. The van der Waals surface area contributed by atoms with E-state index in [0.29, 0.717) is 29.1 Å². The summed E-state index contributed by atoms with van der Waals surface area (Å²) >= 11 is 0. The number of nitrogens with zero attached hydrogens (tertiary/aromatic N) is 3. The molecule has 2 aromatic rings. The van der Waals surface area contributed by atoms with Gasteiger partial charge in [-0.15, -0.1) is 0 Å². The van der Waals surface area contributed by atoms with Crippen molar-refractivity contribution in [2.45, 2.75) is 0 Å². The summed E-state index contributed by atoms with van der Waals surface area (Å²) in [4.78, 5) is 16.1. The van der Waals surface area contributed by atoms with Gasteiger partial charge in [-0.3, -0.25) is 0 Å². The average molecular weight is 375 g/mol. The highest BCUT2D eigenvalue weighted by molar-refractivity contribution is 5.99. The van der Waals surface area contributed by atoms with E-state index in [-0.39, 0.29) is 17.1 Å². The molecule has 1 N–H and O–H groups in total. The summed E-state index contributed by atoms with van der Waals surface area (Å²) < 4.78 is 24.0. The molecule has 1 saturated carbocycles. The predicted molar refractivity (Wildman–Crippen MR) is 96.6 cm³/mol. The number of hydrogen-bond donors (Lipinski definition) is 1. The lowest BCUT2D eigenvalue weighted by Gasteiger charge is -2.20. The Hall–Kier alpha value is -2.61. The van der Waals surface area contributed by atoms with Crippen molar-refractivity contribution in [2.75, 3.05) is 45.7 Å². The van der Waals surface area contributed by atoms with Gasteiger partial charge in [0.1, 0.15) is 0 Å². The van der Waals surface area contributed by atoms with Gasteiger partial charge in [-0.2, -0.15) is 0 Å². The van der Waals surface area contributed by atoms with Crippen LogP contribution in [0.2, 0.25) is 0 Å². The van der Waals surface area contributed by atoms with Gasteiger partial charge in [0.25, 0.3) is 0 Å². The minimum atomic E-state index is -1.12. The van der Waals surface area contributed by atoms with Crippen molar-refractivity contribution in [3.8, 4) is 17.1 Å². The van der Waals surface area contributed by atoms with Crippen molar-refractivity contribution in [3.05, 3.63) is 29.6 Å². The molecule has 0 bridgehead atoms. The number of fused-ring (bicyclic) bond motifs is 1. The second-order valence-electron chi connectivity index (χ2n) is 7.52. The lowest BCUT2D eigenvalue weighted by molar-refractivity contribution is 0.0698. The molecule has 144 valence electrons. The van der Waals surface area contributed by atoms with Crippen LogP contribution >= 0.6 is 0 Å². The number of aromatic carboxylic acids is 1. The predicted octanol–water partition coefficient (Wildman–Crippen LogP) is 2.43. The van der Waals surface area contributed by atoms with E-state index < -0.39 is 11.8 Å². The quantitative estimate of drug-likeness (QED) is 0.831. The molecule has 8 heteroatoms. The Balaban J connectivity index is 1.61. The van der Waals surface area contributed by atoms with Crippen LogP contribution in [0.5, 0.6) is 5.75 Å². The lowest BCUT2D eigenvalue weighted by Crippen LogP contribution is -2.28. The Bertz CT molecular complexity index is 870. The van der Waals surface area contributed by atoms with Gasteiger partial charge in [0.15, 0.2) is 28.7 Å². The molecule has 3 atom stereocenters. The van der Waals surface area contributed by atoms with Crippen LogP contribution in [-0.2, 0) is 0 Å². The number of carboxylic acid groups (broad SMARTS) is 1. The summed E-state index contributed by atoms with van der Waals surface area (Å²) in [6.07, 6.45) is 0. The number of anilines is 1. The topological polar surface area (TPSA) is 79.0 Å². The fourth-order valence-corrected chi connectivity index (χ4v) is 4.20. The van der Waals surface area contributed by atoms with Crippen molar-refractivity contribution in [1.82, 2.24) is 10.1 Å². The SMILES string of the molecule is COc1cc(-c2onc(N3C[C@@H]4C(CN(C)C)[C@@H]4C3)c2C(=O)O)ccc1F. The number of halogens is 1. The number of piperidine rings is 1. The van der Waals surface area contributed by atoms with Crippen molar-refractivity contribution in [1.29, 1.82) is 0 Å². The Morgan fingerprint density at radius 1 is 1.41 bits per heavy atom. The first kappa shape index (κ1) is 17.8. The first-order valence-electron chi connectivity index (χ1n) is 8.87. The van der Waals surface area contributed by atoms with Crippen LogP contribution in [0.3, 0.4) is 0 Å². The van der Waals surface area contributed by atoms with Crippen molar-refractivity contribution in [2.24, 2.45) is 17.8 Å². The second-order valence-corrected chi connectivity index (χ2v) is 7.52. The van der Waals surface area contributed by atoms with E-state index in [1.807, 2.05) is 4.90 Å². The number of carboxylic acids is 1. The molecule has 1 aromatic carbocycles. The Labute approximate surface area is 156 Å². The van der Waals surface area contributed by atoms with Crippen molar-refractivity contribution in [3.63, 3.8) is 0 Å². The number of carbonyl (C=O) groups is 1. The molecule has 2 fully saturated rings. The third-order valence-electron chi connectivity index (χ3n) is 5.55. The molecule has 1 saturated heterocycles. The zero-order chi connectivity index (χ0) is 19.3. The van der Waals surface area contributed by atoms with Gasteiger partial charge in [0, 0.05) is 25.2 Å². The number of ether oxygens (including phenoxy) is 1. The van der Waals surface area contributed by atoms with Crippen LogP contribution in [0.1, 0.15) is 10.4 Å². The van der Waals surface area contributed by atoms with E-state index in [2.05, 4.69) is 24.2 Å². The largest absolute Gasteiger partial charge is 0.494 e. The Morgan fingerprint density at radius 3 is 2.70 bits per heavy atom. The lowest BCUT2D eigenvalue weighted by atomic mass is 10.1. The molecule has 1 unspecified atom stereocenters. The highest BCUT2D eigenvalue weighted by Crippen LogP contribution is 2.53. The molecule has 0 amide bonds. The van der Waals surface area contributed by atoms with Gasteiger partial charge in [-0.1, -0.05) is 5.16 Å². The molecular weight excluding hydrogens is 353 g/mol. The summed E-state index contributed by atoms with van der Waals surface area (Å²) in [5.74, 6) is 0.644. The molecule has 2 aliphatic rings. The van der Waals surface area contributed by atoms with Gasteiger partial charge >= 0.3 is 5.97 Å². The maximum atomic E-state index is 13.7. The van der Waals surface area contributed by atoms with Crippen LogP contribution in [0.4, 0.5) is 10.2 Å².